The molecule has 0 saturated heterocycles. The molecule has 1 aliphatic heterocycles. The highest BCUT2D eigenvalue weighted by atomic mass is 32.1. The molecule has 0 bridgehead atoms. The fraction of sp³-hybridized carbons (Fsp3) is 0.722. The average molecular weight is 385 g/mol. The van der Waals surface area contributed by atoms with Crippen molar-refractivity contribution in [3.63, 3.8) is 0 Å². The van der Waals surface area contributed by atoms with Gasteiger partial charge >= 0.3 is 5.97 Å². The molecular formula is C18H32N4O3S+2. The summed E-state index contributed by atoms with van der Waals surface area (Å²) in [6.45, 7) is 6.63. The van der Waals surface area contributed by atoms with E-state index >= 15 is 0 Å². The van der Waals surface area contributed by atoms with Crippen LogP contribution >= 0.6 is 11.7 Å². The first-order valence-electron chi connectivity index (χ1n) is 9.48. The second kappa shape index (κ2) is 9.99. The molecule has 1 aromatic heterocycles. The molecule has 8 heteroatoms. The number of ether oxygens (including phenoxy) is 2. The molecule has 2 heterocycles. The Morgan fingerprint density at radius 1 is 1.38 bits per heavy atom. The number of esters is 1. The number of hydrogen-bond acceptors (Lipinski definition) is 6. The molecule has 0 aromatic carbocycles. The third kappa shape index (κ3) is 5.49. The highest BCUT2D eigenvalue weighted by Crippen LogP contribution is 2.31. The summed E-state index contributed by atoms with van der Waals surface area (Å²) in [4.78, 5) is 11.6. The minimum atomic E-state index is -0.264. The van der Waals surface area contributed by atoms with Gasteiger partial charge in [0, 0.05) is 18.9 Å². The summed E-state index contributed by atoms with van der Waals surface area (Å²) < 4.78 is 20.8. The smallest absolute Gasteiger partial charge is 0.366 e. The molecule has 7 nitrogen and oxygen atoms in total. The van der Waals surface area contributed by atoms with Crippen molar-refractivity contribution in [1.29, 1.82) is 0 Å². The lowest BCUT2D eigenvalue weighted by atomic mass is 10.0. The standard InChI is InChI=1S/C18H31N4O3S/c1-4-5-6-7-11-24-18-17(20-26-21-18)15-9-8-10-22(3,13-15)14(2)25-16(23)12-19/h9,14H,4-8,10-13,19H2,1-3H3/q+1/p+1/t14-,22?/m1/s1. The fourth-order valence-electron chi connectivity index (χ4n) is 3.09. The third-order valence-electron chi connectivity index (χ3n) is 4.95. The summed E-state index contributed by atoms with van der Waals surface area (Å²) in [5.74, 6) is 0.369. The molecule has 0 radical (unpaired) electrons. The van der Waals surface area contributed by atoms with Crippen molar-refractivity contribution < 1.29 is 24.5 Å². The molecule has 0 amide bonds. The normalized spacial score (nSPS) is 21.2. The van der Waals surface area contributed by atoms with Crippen LogP contribution in [-0.2, 0) is 9.53 Å². The number of hydrogen-bond donors (Lipinski definition) is 1. The van der Waals surface area contributed by atoms with Gasteiger partial charge in [0.25, 0.3) is 5.88 Å². The number of likely N-dealkylation sites (N-methyl/N-ethyl adjacent to an activating group) is 1. The Hall–Kier alpha value is -1.51. The molecule has 0 aliphatic carbocycles. The molecule has 26 heavy (non-hydrogen) atoms. The van der Waals surface area contributed by atoms with Crippen LogP contribution < -0.4 is 10.5 Å². The van der Waals surface area contributed by atoms with Gasteiger partial charge in [-0.2, -0.15) is 4.37 Å². The van der Waals surface area contributed by atoms with Crippen molar-refractivity contribution in [1.82, 2.24) is 8.75 Å². The summed E-state index contributed by atoms with van der Waals surface area (Å²) in [6.07, 6.45) is 7.55. The molecule has 1 aromatic rings. The number of carbonyl (C=O) groups is 1. The van der Waals surface area contributed by atoms with E-state index in [1.54, 1.807) is 0 Å². The summed E-state index contributed by atoms with van der Waals surface area (Å²) in [6, 6.07) is 0. The van der Waals surface area contributed by atoms with E-state index in [2.05, 4.69) is 34.5 Å². The van der Waals surface area contributed by atoms with Crippen molar-refractivity contribution in [2.45, 2.75) is 52.2 Å². The van der Waals surface area contributed by atoms with Gasteiger partial charge < -0.3 is 15.2 Å². The highest BCUT2D eigenvalue weighted by Gasteiger charge is 2.36. The molecular weight excluding hydrogens is 352 g/mol. The van der Waals surface area contributed by atoms with Crippen LogP contribution in [-0.4, -0.2) is 58.7 Å². The lowest BCUT2D eigenvalue weighted by molar-refractivity contribution is -0.944. The monoisotopic (exact) mass is 384 g/mol. The number of unbranched alkanes of at least 4 members (excludes halogenated alkanes) is 3. The van der Waals surface area contributed by atoms with Crippen LogP contribution in [0.2, 0.25) is 0 Å². The SMILES string of the molecule is CCCCCCOc1nsnc1C1=CCC[N+](C)([C@@H](C)OC(=O)C[NH3+])C1. The van der Waals surface area contributed by atoms with Crippen LogP contribution in [0.1, 0.15) is 51.6 Å². The first-order valence-corrected chi connectivity index (χ1v) is 10.2. The van der Waals surface area contributed by atoms with E-state index in [1.165, 1.54) is 31.0 Å². The van der Waals surface area contributed by atoms with E-state index < -0.39 is 0 Å². The molecule has 146 valence electrons. The predicted molar refractivity (Wildman–Crippen MR) is 101 cm³/mol. The van der Waals surface area contributed by atoms with Gasteiger partial charge in [-0.25, -0.2) is 4.79 Å². The van der Waals surface area contributed by atoms with Crippen LogP contribution in [0.25, 0.3) is 5.57 Å². The Kier molecular flexibility index (Phi) is 7.99. The van der Waals surface area contributed by atoms with Crippen molar-refractivity contribution >= 4 is 23.3 Å². The predicted octanol–water partition coefficient (Wildman–Crippen LogP) is 1.86. The molecule has 0 spiro atoms. The van der Waals surface area contributed by atoms with Crippen LogP contribution in [0.4, 0.5) is 0 Å². The summed E-state index contributed by atoms with van der Waals surface area (Å²) in [5.41, 5.74) is 5.55. The topological polar surface area (TPSA) is 89.0 Å². The second-order valence-electron chi connectivity index (χ2n) is 7.05. The van der Waals surface area contributed by atoms with Crippen molar-refractivity contribution in [3.8, 4) is 5.88 Å². The lowest BCUT2D eigenvalue weighted by Crippen LogP contribution is -2.59. The average Bonchev–Trinajstić information content (AvgIpc) is 3.10. The summed E-state index contributed by atoms with van der Waals surface area (Å²) >= 11 is 1.18. The zero-order valence-electron chi connectivity index (χ0n) is 16.2. The van der Waals surface area contributed by atoms with Gasteiger partial charge in [-0.1, -0.05) is 32.3 Å². The van der Waals surface area contributed by atoms with Gasteiger partial charge in [-0.3, -0.25) is 4.48 Å². The van der Waals surface area contributed by atoms with Gasteiger partial charge in [0.2, 0.25) is 6.23 Å². The van der Waals surface area contributed by atoms with Gasteiger partial charge in [0.1, 0.15) is 12.2 Å². The van der Waals surface area contributed by atoms with E-state index in [0.29, 0.717) is 17.0 Å². The Morgan fingerprint density at radius 3 is 2.92 bits per heavy atom. The maximum atomic E-state index is 11.6. The minimum absolute atomic E-state index is 0.152. The molecule has 2 rings (SSSR count). The highest BCUT2D eigenvalue weighted by molar-refractivity contribution is 6.99. The maximum Gasteiger partial charge on any atom is 0.366 e. The van der Waals surface area contributed by atoms with Gasteiger partial charge in [0.05, 0.1) is 31.9 Å². The van der Waals surface area contributed by atoms with Gasteiger partial charge in [-0.05, 0) is 6.42 Å². The lowest BCUT2D eigenvalue weighted by Gasteiger charge is -2.41. The Labute approximate surface area is 160 Å². The fourth-order valence-corrected chi connectivity index (χ4v) is 3.62. The van der Waals surface area contributed by atoms with Gasteiger partial charge in [-0.15, -0.1) is 4.37 Å². The van der Waals surface area contributed by atoms with Crippen molar-refractivity contribution in [3.05, 3.63) is 11.8 Å². The molecule has 0 fully saturated rings. The Bertz CT molecular complexity index is 619. The van der Waals surface area contributed by atoms with E-state index in [9.17, 15) is 4.79 Å². The summed E-state index contributed by atoms with van der Waals surface area (Å²) in [7, 11) is 2.11. The first kappa shape index (κ1) is 20.8. The van der Waals surface area contributed by atoms with Crippen LogP contribution in [0, 0.1) is 0 Å². The Morgan fingerprint density at radius 2 is 2.19 bits per heavy atom. The third-order valence-corrected chi connectivity index (χ3v) is 5.46. The minimum Gasteiger partial charge on any atom is -0.475 e. The number of aromatic nitrogens is 2. The van der Waals surface area contributed by atoms with E-state index in [4.69, 9.17) is 9.47 Å². The Balaban J connectivity index is 2.00. The first-order chi connectivity index (χ1) is 12.5. The largest absolute Gasteiger partial charge is 0.475 e. The second-order valence-corrected chi connectivity index (χ2v) is 7.57. The van der Waals surface area contributed by atoms with Crippen LogP contribution in [0.15, 0.2) is 6.08 Å². The number of quaternary nitrogens is 2. The molecule has 0 saturated carbocycles. The van der Waals surface area contributed by atoms with Gasteiger partial charge in [0.15, 0.2) is 6.54 Å². The van der Waals surface area contributed by atoms with E-state index in [-0.39, 0.29) is 18.7 Å². The van der Waals surface area contributed by atoms with Crippen molar-refractivity contribution in [2.75, 3.05) is 33.3 Å². The molecule has 1 aliphatic rings. The zero-order chi connectivity index (χ0) is 19.0. The molecule has 1 unspecified atom stereocenters. The number of carbonyl (C=O) groups excluding carboxylic acids is 1. The van der Waals surface area contributed by atoms with Crippen LogP contribution in [0.3, 0.4) is 0 Å². The molecule has 3 N–H and O–H groups in total. The summed E-state index contributed by atoms with van der Waals surface area (Å²) in [5, 5.41) is 0. The van der Waals surface area contributed by atoms with E-state index in [1.807, 2.05) is 6.92 Å². The van der Waals surface area contributed by atoms with E-state index in [0.717, 1.165) is 37.2 Å². The quantitative estimate of drug-likeness (QED) is 0.378. The zero-order valence-corrected chi connectivity index (χ0v) is 17.0. The van der Waals surface area contributed by atoms with Crippen molar-refractivity contribution in [2.24, 2.45) is 0 Å². The van der Waals surface area contributed by atoms with Crippen LogP contribution in [0.5, 0.6) is 5.88 Å². The maximum absolute atomic E-state index is 11.6. The number of rotatable bonds is 10. The molecule has 2 atom stereocenters. The number of nitrogens with zero attached hydrogens (tertiary/aromatic N) is 3.